The lowest BCUT2D eigenvalue weighted by atomic mass is 10.1. The summed E-state index contributed by atoms with van der Waals surface area (Å²) in [5.41, 5.74) is 3.39. The number of rotatable bonds is 0. The zero-order valence-corrected chi connectivity index (χ0v) is 10.4. The van der Waals surface area contributed by atoms with Crippen molar-refractivity contribution >= 4 is 32.8 Å². The Labute approximate surface area is 108 Å². The van der Waals surface area contributed by atoms with E-state index in [-0.39, 0.29) is 5.56 Å². The van der Waals surface area contributed by atoms with Gasteiger partial charge in [-0.2, -0.15) is 0 Å². The Morgan fingerprint density at radius 1 is 1.00 bits per heavy atom. The van der Waals surface area contributed by atoms with Crippen molar-refractivity contribution in [3.63, 3.8) is 0 Å². The molecule has 0 aliphatic carbocycles. The summed E-state index contributed by atoms with van der Waals surface area (Å²) >= 11 is 0. The maximum absolute atomic E-state index is 12.1. The van der Waals surface area contributed by atoms with E-state index in [0.717, 1.165) is 33.0 Å². The lowest BCUT2D eigenvalue weighted by Crippen LogP contribution is -2.05. The van der Waals surface area contributed by atoms with Crippen LogP contribution >= 0.6 is 0 Å². The van der Waals surface area contributed by atoms with Crippen LogP contribution in [-0.4, -0.2) is 4.98 Å². The summed E-state index contributed by atoms with van der Waals surface area (Å²) < 4.78 is 5.91. The van der Waals surface area contributed by atoms with Crippen LogP contribution in [0.15, 0.2) is 51.7 Å². The quantitative estimate of drug-likeness (QED) is 0.516. The third kappa shape index (κ3) is 1.35. The van der Waals surface area contributed by atoms with E-state index in [0.29, 0.717) is 5.39 Å². The van der Waals surface area contributed by atoms with Gasteiger partial charge in [0.05, 0.1) is 10.9 Å². The number of furan rings is 1. The summed E-state index contributed by atoms with van der Waals surface area (Å²) in [7, 11) is 0. The molecule has 0 spiro atoms. The van der Waals surface area contributed by atoms with Gasteiger partial charge < -0.3 is 9.40 Å². The first-order valence-electron chi connectivity index (χ1n) is 6.18. The van der Waals surface area contributed by atoms with E-state index in [1.54, 1.807) is 0 Å². The van der Waals surface area contributed by atoms with Gasteiger partial charge in [-0.25, -0.2) is 0 Å². The van der Waals surface area contributed by atoms with Crippen molar-refractivity contribution in [1.29, 1.82) is 0 Å². The van der Waals surface area contributed by atoms with Gasteiger partial charge in [0.25, 0.3) is 5.56 Å². The second-order valence-corrected chi connectivity index (χ2v) is 4.81. The van der Waals surface area contributed by atoms with Gasteiger partial charge in [-0.15, -0.1) is 0 Å². The number of aromatic nitrogens is 1. The smallest absolute Gasteiger partial charge is 0.256 e. The maximum atomic E-state index is 12.1. The van der Waals surface area contributed by atoms with Gasteiger partial charge in [0, 0.05) is 10.8 Å². The molecular formula is C16H11NO2. The predicted octanol–water partition coefficient (Wildman–Crippen LogP) is 3.74. The van der Waals surface area contributed by atoms with Gasteiger partial charge in [-0.3, -0.25) is 4.79 Å². The van der Waals surface area contributed by atoms with Crippen LogP contribution in [0, 0.1) is 6.92 Å². The van der Waals surface area contributed by atoms with Crippen LogP contribution in [0.5, 0.6) is 0 Å². The molecule has 0 bridgehead atoms. The Hall–Kier alpha value is -2.55. The Bertz CT molecular complexity index is 992. The minimum absolute atomic E-state index is 0.0766. The molecule has 0 fully saturated rings. The van der Waals surface area contributed by atoms with Gasteiger partial charge in [-0.05, 0) is 25.1 Å². The highest BCUT2D eigenvalue weighted by Gasteiger charge is 2.12. The number of aromatic amines is 1. The van der Waals surface area contributed by atoms with Crippen molar-refractivity contribution < 1.29 is 4.42 Å². The van der Waals surface area contributed by atoms with Crippen LogP contribution in [0.1, 0.15) is 5.56 Å². The highest BCUT2D eigenvalue weighted by atomic mass is 16.3. The van der Waals surface area contributed by atoms with Crippen LogP contribution in [-0.2, 0) is 0 Å². The zero-order valence-electron chi connectivity index (χ0n) is 10.4. The standard InChI is InChI=1S/C16H11NO2/c1-9-6-7-13-12(8-9)14-15(19-13)10-4-2-3-5-11(10)16(18)17-14/h2-8H,1H3,(H,17,18). The zero-order chi connectivity index (χ0) is 13.0. The molecule has 0 unspecified atom stereocenters. The van der Waals surface area contributed by atoms with Crippen molar-refractivity contribution in [2.24, 2.45) is 0 Å². The number of hydrogen-bond acceptors (Lipinski definition) is 2. The van der Waals surface area contributed by atoms with Crippen molar-refractivity contribution in [3.05, 3.63) is 58.4 Å². The summed E-state index contributed by atoms with van der Waals surface area (Å²) in [6.45, 7) is 2.03. The molecule has 2 heterocycles. The molecular weight excluding hydrogens is 238 g/mol. The second kappa shape index (κ2) is 3.48. The van der Waals surface area contributed by atoms with Crippen molar-refractivity contribution in [3.8, 4) is 0 Å². The first kappa shape index (κ1) is 10.4. The molecule has 2 aromatic heterocycles. The minimum atomic E-state index is -0.0766. The predicted molar refractivity (Wildman–Crippen MR) is 76.6 cm³/mol. The normalized spacial score (nSPS) is 11.6. The number of benzene rings is 2. The highest BCUT2D eigenvalue weighted by molar-refractivity contribution is 6.12. The maximum Gasteiger partial charge on any atom is 0.256 e. The van der Waals surface area contributed by atoms with Crippen molar-refractivity contribution in [2.75, 3.05) is 0 Å². The molecule has 92 valence electrons. The molecule has 4 aromatic rings. The molecule has 0 saturated carbocycles. The van der Waals surface area contributed by atoms with Gasteiger partial charge in [0.2, 0.25) is 0 Å². The van der Waals surface area contributed by atoms with E-state index < -0.39 is 0 Å². The minimum Gasteiger partial charge on any atom is -0.454 e. The first-order valence-corrected chi connectivity index (χ1v) is 6.18. The van der Waals surface area contributed by atoms with Crippen molar-refractivity contribution in [1.82, 2.24) is 4.98 Å². The topological polar surface area (TPSA) is 46.0 Å². The van der Waals surface area contributed by atoms with E-state index in [9.17, 15) is 4.79 Å². The molecule has 3 heteroatoms. The summed E-state index contributed by atoms with van der Waals surface area (Å²) in [4.78, 5) is 15.1. The molecule has 1 N–H and O–H groups in total. The fourth-order valence-corrected chi connectivity index (χ4v) is 2.59. The average molecular weight is 249 g/mol. The van der Waals surface area contributed by atoms with Gasteiger partial charge in [0.15, 0.2) is 5.58 Å². The molecule has 0 amide bonds. The van der Waals surface area contributed by atoms with Crippen LogP contribution in [0.2, 0.25) is 0 Å². The number of aryl methyl sites for hydroxylation is 1. The second-order valence-electron chi connectivity index (χ2n) is 4.81. The van der Waals surface area contributed by atoms with Crippen LogP contribution < -0.4 is 5.56 Å². The fraction of sp³-hybridized carbons (Fsp3) is 0.0625. The summed E-state index contributed by atoms with van der Waals surface area (Å²) in [5, 5.41) is 2.47. The van der Waals surface area contributed by atoms with Gasteiger partial charge >= 0.3 is 0 Å². The van der Waals surface area contributed by atoms with Crippen LogP contribution in [0.4, 0.5) is 0 Å². The van der Waals surface area contributed by atoms with Gasteiger partial charge in [-0.1, -0.05) is 29.8 Å². The largest absolute Gasteiger partial charge is 0.454 e. The van der Waals surface area contributed by atoms with E-state index in [4.69, 9.17) is 4.42 Å². The van der Waals surface area contributed by atoms with Crippen molar-refractivity contribution in [2.45, 2.75) is 6.92 Å². The lowest BCUT2D eigenvalue weighted by molar-refractivity contribution is 0.672. The lowest BCUT2D eigenvalue weighted by Gasteiger charge is -1.97. The van der Waals surface area contributed by atoms with E-state index in [2.05, 4.69) is 4.98 Å². The molecule has 0 aliphatic rings. The van der Waals surface area contributed by atoms with Crippen LogP contribution in [0.25, 0.3) is 32.8 Å². The summed E-state index contributed by atoms with van der Waals surface area (Å²) in [6, 6.07) is 13.5. The molecule has 3 nitrogen and oxygen atoms in total. The summed E-state index contributed by atoms with van der Waals surface area (Å²) in [6.07, 6.45) is 0. The Morgan fingerprint density at radius 3 is 2.63 bits per heavy atom. The molecule has 4 rings (SSSR count). The Morgan fingerprint density at radius 2 is 1.79 bits per heavy atom. The number of pyridine rings is 1. The number of nitrogens with one attached hydrogen (secondary N) is 1. The average Bonchev–Trinajstić information content (AvgIpc) is 2.78. The molecule has 0 radical (unpaired) electrons. The molecule has 19 heavy (non-hydrogen) atoms. The first-order chi connectivity index (χ1) is 9.24. The third-order valence-electron chi connectivity index (χ3n) is 3.50. The molecule has 0 aliphatic heterocycles. The van der Waals surface area contributed by atoms with E-state index in [1.165, 1.54) is 0 Å². The van der Waals surface area contributed by atoms with Crippen LogP contribution in [0.3, 0.4) is 0 Å². The van der Waals surface area contributed by atoms with E-state index in [1.807, 2.05) is 49.4 Å². The number of hydrogen-bond donors (Lipinski definition) is 1. The Balaban J connectivity index is 2.36. The SMILES string of the molecule is Cc1ccc2oc3c4ccccc4c(=O)[nH]c3c2c1. The number of fused-ring (bicyclic) bond motifs is 5. The molecule has 0 saturated heterocycles. The Kier molecular flexibility index (Phi) is 1.90. The summed E-state index contributed by atoms with van der Waals surface area (Å²) in [5.74, 6) is 0. The molecule has 0 atom stereocenters. The highest BCUT2D eigenvalue weighted by Crippen LogP contribution is 2.31. The van der Waals surface area contributed by atoms with E-state index >= 15 is 0 Å². The third-order valence-corrected chi connectivity index (χ3v) is 3.50. The van der Waals surface area contributed by atoms with Gasteiger partial charge in [0.1, 0.15) is 5.58 Å². The fourth-order valence-electron chi connectivity index (χ4n) is 2.59. The number of H-pyrrole nitrogens is 1. The monoisotopic (exact) mass is 249 g/mol. The molecule has 2 aromatic carbocycles.